The number of imidazole rings is 1. The maximum atomic E-state index is 13.2. The van der Waals surface area contributed by atoms with E-state index in [1.807, 2.05) is 52.5 Å². The molecule has 0 aliphatic heterocycles. The van der Waals surface area contributed by atoms with E-state index in [-0.39, 0.29) is 0 Å². The third-order valence-electron chi connectivity index (χ3n) is 5.65. The molecule has 0 bridgehead atoms. The van der Waals surface area contributed by atoms with Crippen molar-refractivity contribution < 1.29 is 8.42 Å². The lowest BCUT2D eigenvalue weighted by atomic mass is 10.1. The third kappa shape index (κ3) is 2.74. The van der Waals surface area contributed by atoms with Crippen LogP contribution in [0.15, 0.2) is 77.3 Å². The molecule has 0 saturated carbocycles. The maximum absolute atomic E-state index is 13.2. The van der Waals surface area contributed by atoms with Crippen molar-refractivity contribution in [1.29, 1.82) is 0 Å². The Kier molecular flexibility index (Phi) is 3.78. The molecular formula is C23H17N3O2S2. The number of hydrogen-bond acceptors (Lipinski definition) is 4. The van der Waals surface area contributed by atoms with E-state index in [9.17, 15) is 8.42 Å². The first-order valence-corrected chi connectivity index (χ1v) is 12.0. The van der Waals surface area contributed by atoms with Crippen molar-refractivity contribution in [2.45, 2.75) is 17.7 Å². The number of aryl methyl sites for hydroxylation is 2. The standard InChI is InChI=1S/C23H17N3O2S2/c27-30(28,21-11-8-17-5-4-16-2-1-3-19(21)22(16)17)25-18-9-6-15(7-10-18)20-14-26-12-13-29-23(26)24-20/h1-3,6-14,25H,4-5H2. The minimum atomic E-state index is -3.70. The van der Waals surface area contributed by atoms with Gasteiger partial charge in [-0.1, -0.05) is 36.4 Å². The zero-order chi connectivity index (χ0) is 20.3. The molecule has 148 valence electrons. The Hall–Kier alpha value is -3.16. The highest BCUT2D eigenvalue weighted by molar-refractivity contribution is 7.93. The molecule has 2 heterocycles. The fourth-order valence-corrected chi connectivity index (χ4v) is 6.20. The molecule has 1 N–H and O–H groups in total. The number of aromatic nitrogens is 2. The monoisotopic (exact) mass is 431 g/mol. The van der Waals surface area contributed by atoms with Crippen molar-refractivity contribution in [3.8, 4) is 11.3 Å². The van der Waals surface area contributed by atoms with Crippen molar-refractivity contribution >= 4 is 42.8 Å². The number of benzene rings is 3. The Labute approximate surface area is 177 Å². The zero-order valence-corrected chi connectivity index (χ0v) is 17.5. The van der Waals surface area contributed by atoms with Gasteiger partial charge >= 0.3 is 0 Å². The summed E-state index contributed by atoms with van der Waals surface area (Å²) in [4.78, 5) is 5.85. The number of anilines is 1. The van der Waals surface area contributed by atoms with Gasteiger partial charge in [0.1, 0.15) is 0 Å². The minimum absolute atomic E-state index is 0.323. The smallest absolute Gasteiger partial charge is 0.262 e. The molecule has 3 aromatic carbocycles. The summed E-state index contributed by atoms with van der Waals surface area (Å²) in [6.45, 7) is 0. The SMILES string of the molecule is O=S(=O)(Nc1ccc(-c2cn3ccsc3n2)cc1)c1ccc2c3c(cccc13)CC2. The van der Waals surface area contributed by atoms with E-state index in [1.165, 1.54) is 11.1 Å². The predicted molar refractivity (Wildman–Crippen MR) is 121 cm³/mol. The fourth-order valence-electron chi connectivity index (χ4n) is 4.24. The van der Waals surface area contributed by atoms with Crippen molar-refractivity contribution in [1.82, 2.24) is 9.38 Å². The van der Waals surface area contributed by atoms with Gasteiger partial charge in [-0.2, -0.15) is 0 Å². The molecule has 1 aliphatic rings. The van der Waals surface area contributed by atoms with Crippen LogP contribution >= 0.6 is 11.3 Å². The number of fused-ring (bicyclic) bond motifs is 1. The number of rotatable bonds is 4. The summed E-state index contributed by atoms with van der Waals surface area (Å²) >= 11 is 1.58. The van der Waals surface area contributed by atoms with E-state index in [1.54, 1.807) is 29.5 Å². The molecule has 0 radical (unpaired) electrons. The first kappa shape index (κ1) is 17.7. The number of hydrogen-bond donors (Lipinski definition) is 1. The average molecular weight is 432 g/mol. The highest BCUT2D eigenvalue weighted by Gasteiger charge is 2.22. The number of sulfonamides is 1. The summed E-state index contributed by atoms with van der Waals surface area (Å²) in [6.07, 6.45) is 5.88. The highest BCUT2D eigenvalue weighted by atomic mass is 32.2. The first-order chi connectivity index (χ1) is 14.6. The zero-order valence-electron chi connectivity index (χ0n) is 15.9. The van der Waals surface area contributed by atoms with Gasteiger partial charge in [-0.3, -0.25) is 9.12 Å². The molecule has 0 atom stereocenters. The van der Waals surface area contributed by atoms with E-state index in [2.05, 4.69) is 15.8 Å². The van der Waals surface area contributed by atoms with Crippen LogP contribution in [0.5, 0.6) is 0 Å². The molecule has 7 heteroatoms. The van der Waals surface area contributed by atoms with Crippen LogP contribution in [0.1, 0.15) is 11.1 Å². The van der Waals surface area contributed by atoms with Crippen LogP contribution in [-0.4, -0.2) is 17.8 Å². The van der Waals surface area contributed by atoms with E-state index in [0.29, 0.717) is 10.6 Å². The molecule has 6 rings (SSSR count). The van der Waals surface area contributed by atoms with Crippen molar-refractivity contribution in [2.24, 2.45) is 0 Å². The molecule has 1 aliphatic carbocycles. The van der Waals surface area contributed by atoms with Gasteiger partial charge in [0, 0.05) is 34.4 Å². The van der Waals surface area contributed by atoms with Crippen LogP contribution in [0.25, 0.3) is 27.0 Å². The molecule has 0 spiro atoms. The van der Waals surface area contributed by atoms with Gasteiger partial charge in [0.2, 0.25) is 0 Å². The Morgan fingerprint density at radius 2 is 1.77 bits per heavy atom. The fraction of sp³-hybridized carbons (Fsp3) is 0.0870. The Morgan fingerprint density at radius 3 is 2.57 bits per heavy atom. The predicted octanol–water partition coefficient (Wildman–Crippen LogP) is 5.12. The number of nitrogens with one attached hydrogen (secondary N) is 1. The van der Waals surface area contributed by atoms with Gasteiger partial charge in [-0.25, -0.2) is 13.4 Å². The Bertz CT molecular complexity index is 1490. The second kappa shape index (κ2) is 6.42. The molecule has 0 saturated heterocycles. The van der Waals surface area contributed by atoms with Crippen LogP contribution in [-0.2, 0) is 22.9 Å². The largest absolute Gasteiger partial charge is 0.297 e. The lowest BCUT2D eigenvalue weighted by Crippen LogP contribution is -2.13. The van der Waals surface area contributed by atoms with E-state index in [4.69, 9.17) is 0 Å². The maximum Gasteiger partial charge on any atom is 0.262 e. The Morgan fingerprint density at radius 1 is 0.967 bits per heavy atom. The van der Waals surface area contributed by atoms with Crippen molar-refractivity contribution in [3.05, 3.63) is 83.5 Å². The first-order valence-electron chi connectivity index (χ1n) is 9.67. The summed E-state index contributed by atoms with van der Waals surface area (Å²) in [7, 11) is -3.70. The van der Waals surface area contributed by atoms with Gasteiger partial charge in [0.15, 0.2) is 4.96 Å². The van der Waals surface area contributed by atoms with Crippen LogP contribution in [0.3, 0.4) is 0 Å². The van der Waals surface area contributed by atoms with Gasteiger partial charge in [-0.15, -0.1) is 11.3 Å². The molecule has 0 unspecified atom stereocenters. The minimum Gasteiger partial charge on any atom is -0.297 e. The van der Waals surface area contributed by atoms with Crippen LogP contribution in [0.2, 0.25) is 0 Å². The number of thiazole rings is 1. The van der Waals surface area contributed by atoms with Gasteiger partial charge in [0.05, 0.1) is 10.6 Å². The normalized spacial score (nSPS) is 13.3. The van der Waals surface area contributed by atoms with Crippen LogP contribution < -0.4 is 4.72 Å². The second-order valence-electron chi connectivity index (χ2n) is 7.46. The molecule has 0 fully saturated rings. The molecule has 30 heavy (non-hydrogen) atoms. The average Bonchev–Trinajstić information content (AvgIpc) is 3.44. The van der Waals surface area contributed by atoms with E-state index in [0.717, 1.165) is 39.8 Å². The Balaban J connectivity index is 1.34. The summed E-state index contributed by atoms with van der Waals surface area (Å²) < 4.78 is 31.1. The molecule has 0 amide bonds. The van der Waals surface area contributed by atoms with Crippen LogP contribution in [0, 0.1) is 0 Å². The highest BCUT2D eigenvalue weighted by Crippen LogP contribution is 2.35. The molecular weight excluding hydrogens is 414 g/mol. The van der Waals surface area contributed by atoms with Gasteiger partial charge in [-0.05, 0) is 47.6 Å². The quantitative estimate of drug-likeness (QED) is 0.430. The summed E-state index contributed by atoms with van der Waals surface area (Å²) in [5.41, 5.74) is 4.79. The molecule has 5 nitrogen and oxygen atoms in total. The third-order valence-corrected chi connectivity index (χ3v) is 7.86. The van der Waals surface area contributed by atoms with Gasteiger partial charge < -0.3 is 0 Å². The number of nitrogens with zero attached hydrogens (tertiary/aromatic N) is 2. The topological polar surface area (TPSA) is 63.5 Å². The molecule has 5 aromatic rings. The lowest BCUT2D eigenvalue weighted by molar-refractivity contribution is 0.602. The summed E-state index contributed by atoms with van der Waals surface area (Å²) in [5, 5.41) is 3.88. The van der Waals surface area contributed by atoms with Crippen molar-refractivity contribution in [2.75, 3.05) is 4.72 Å². The van der Waals surface area contributed by atoms with E-state index >= 15 is 0 Å². The molecule has 2 aromatic heterocycles. The summed E-state index contributed by atoms with van der Waals surface area (Å²) in [6, 6.07) is 16.9. The van der Waals surface area contributed by atoms with Crippen LogP contribution in [0.4, 0.5) is 5.69 Å². The lowest BCUT2D eigenvalue weighted by Gasteiger charge is -2.12. The van der Waals surface area contributed by atoms with E-state index < -0.39 is 10.0 Å². The summed E-state index contributed by atoms with van der Waals surface area (Å²) in [5.74, 6) is 0. The second-order valence-corrected chi connectivity index (χ2v) is 9.99. The van der Waals surface area contributed by atoms with Crippen molar-refractivity contribution in [3.63, 3.8) is 0 Å². The van der Waals surface area contributed by atoms with Gasteiger partial charge in [0.25, 0.3) is 10.0 Å².